The molecule has 4 amide bonds. The lowest BCUT2D eigenvalue weighted by molar-refractivity contribution is -0.148. The van der Waals surface area contributed by atoms with E-state index < -0.39 is 24.0 Å². The van der Waals surface area contributed by atoms with Crippen LogP contribution in [0, 0.1) is 13.8 Å². The number of nitrogens with one attached hydrogen (secondary N) is 2. The van der Waals surface area contributed by atoms with Crippen LogP contribution in [-0.4, -0.2) is 41.7 Å². The highest BCUT2D eigenvalue weighted by Gasteiger charge is 2.30. The second kappa shape index (κ2) is 10.4. The first-order chi connectivity index (χ1) is 15.2. The van der Waals surface area contributed by atoms with Gasteiger partial charge in [0.1, 0.15) is 5.71 Å². The molecule has 1 unspecified atom stereocenters. The van der Waals surface area contributed by atoms with Crippen LogP contribution in [0.4, 0.5) is 10.5 Å². The predicted octanol–water partition coefficient (Wildman–Crippen LogP) is 2.88. The quantitative estimate of drug-likeness (QED) is 0.680. The number of esters is 1. The first kappa shape index (κ1) is 23.4. The number of hydrogen-bond acceptors (Lipinski definition) is 6. The van der Waals surface area contributed by atoms with E-state index in [0.717, 1.165) is 43.2 Å². The summed E-state index contributed by atoms with van der Waals surface area (Å²) in [5.41, 5.74) is 2.46. The Balaban J connectivity index is 1.59. The lowest BCUT2D eigenvalue weighted by atomic mass is 9.96. The summed E-state index contributed by atoms with van der Waals surface area (Å²) in [6.45, 7) is 5.15. The van der Waals surface area contributed by atoms with E-state index in [0.29, 0.717) is 5.69 Å². The molecule has 1 saturated carbocycles. The molecular weight excluding hydrogens is 412 g/mol. The maximum absolute atomic E-state index is 12.6. The summed E-state index contributed by atoms with van der Waals surface area (Å²) >= 11 is 0. The topological polar surface area (TPSA) is 117 Å². The van der Waals surface area contributed by atoms with Gasteiger partial charge in [-0.05, 0) is 50.8 Å². The fourth-order valence-electron chi connectivity index (χ4n) is 3.80. The summed E-state index contributed by atoms with van der Waals surface area (Å²) < 4.78 is 5.22. The molecule has 3 rings (SSSR count). The van der Waals surface area contributed by atoms with Crippen molar-refractivity contribution in [2.45, 2.75) is 77.9 Å². The van der Waals surface area contributed by atoms with Crippen molar-refractivity contribution in [2.75, 3.05) is 5.01 Å². The first-order valence-electron chi connectivity index (χ1n) is 11.0. The van der Waals surface area contributed by atoms with E-state index in [-0.39, 0.29) is 30.5 Å². The molecule has 1 aromatic rings. The van der Waals surface area contributed by atoms with Gasteiger partial charge in [-0.15, -0.1) is 0 Å². The molecule has 9 nitrogen and oxygen atoms in total. The number of aryl methyl sites for hydroxylation is 2. The van der Waals surface area contributed by atoms with E-state index in [2.05, 4.69) is 15.7 Å². The lowest BCUT2D eigenvalue weighted by Gasteiger charge is -2.25. The van der Waals surface area contributed by atoms with Crippen molar-refractivity contribution in [2.24, 2.45) is 5.10 Å². The van der Waals surface area contributed by atoms with E-state index in [1.54, 1.807) is 0 Å². The van der Waals surface area contributed by atoms with Crippen LogP contribution in [-0.2, 0) is 19.1 Å². The number of carbonyl (C=O) groups excluding carboxylic acids is 4. The van der Waals surface area contributed by atoms with Crippen LogP contribution >= 0.6 is 0 Å². The summed E-state index contributed by atoms with van der Waals surface area (Å²) in [5.74, 6) is -1.73. The zero-order valence-corrected chi connectivity index (χ0v) is 18.8. The number of benzene rings is 1. The Morgan fingerprint density at radius 2 is 1.84 bits per heavy atom. The van der Waals surface area contributed by atoms with Gasteiger partial charge in [-0.1, -0.05) is 31.4 Å². The second-order valence-corrected chi connectivity index (χ2v) is 8.39. The van der Waals surface area contributed by atoms with Gasteiger partial charge in [-0.3, -0.25) is 14.9 Å². The molecule has 1 heterocycles. The highest BCUT2D eigenvalue weighted by Crippen LogP contribution is 2.25. The van der Waals surface area contributed by atoms with Gasteiger partial charge in [0, 0.05) is 18.9 Å². The van der Waals surface area contributed by atoms with Gasteiger partial charge >= 0.3 is 12.0 Å². The molecule has 1 fully saturated rings. The number of rotatable bonds is 5. The minimum Gasteiger partial charge on any atom is -0.448 e. The van der Waals surface area contributed by atoms with Gasteiger partial charge in [0.15, 0.2) is 6.10 Å². The molecule has 0 bridgehead atoms. The number of ether oxygens (including phenoxy) is 1. The molecule has 2 N–H and O–H groups in total. The van der Waals surface area contributed by atoms with Crippen LogP contribution in [0.2, 0.25) is 0 Å². The van der Waals surface area contributed by atoms with Crippen molar-refractivity contribution < 1.29 is 23.9 Å². The number of carbonyl (C=O) groups is 4. The Hall–Kier alpha value is -3.23. The highest BCUT2D eigenvalue weighted by molar-refractivity contribution is 6.38. The van der Waals surface area contributed by atoms with Gasteiger partial charge in [0.05, 0.1) is 5.69 Å². The molecule has 1 aliphatic carbocycles. The fourth-order valence-corrected chi connectivity index (χ4v) is 3.80. The Kier molecular flexibility index (Phi) is 7.61. The summed E-state index contributed by atoms with van der Waals surface area (Å²) in [6, 6.07) is 5.10. The Bertz CT molecular complexity index is 936. The standard InChI is InChI=1S/C23H30N4O5/c1-14-9-10-15(2)19(13-14)27-20(28)12-11-18(26-27)22(30)32-16(3)21(29)25-23(31)24-17-7-5-4-6-8-17/h9-10,13,16-17H,4-8,11-12H2,1-3H3,(H2,24,25,29,31). The van der Waals surface area contributed by atoms with Gasteiger partial charge in [0.25, 0.3) is 5.91 Å². The van der Waals surface area contributed by atoms with Gasteiger partial charge in [-0.2, -0.15) is 10.1 Å². The molecular formula is C23H30N4O5. The first-order valence-corrected chi connectivity index (χ1v) is 11.0. The number of hydrazone groups is 1. The van der Waals surface area contributed by atoms with E-state index in [1.165, 1.54) is 11.9 Å². The van der Waals surface area contributed by atoms with Crippen molar-refractivity contribution in [3.05, 3.63) is 29.3 Å². The molecule has 2 aliphatic rings. The molecule has 32 heavy (non-hydrogen) atoms. The van der Waals surface area contributed by atoms with Crippen LogP contribution in [0.5, 0.6) is 0 Å². The van der Waals surface area contributed by atoms with Crippen LogP contribution in [0.15, 0.2) is 23.3 Å². The summed E-state index contributed by atoms with van der Waals surface area (Å²) in [5, 5.41) is 10.4. The van der Waals surface area contributed by atoms with E-state index in [9.17, 15) is 19.2 Å². The number of amides is 4. The molecule has 0 radical (unpaired) electrons. The summed E-state index contributed by atoms with van der Waals surface area (Å²) in [6.07, 6.45) is 4.08. The zero-order chi connectivity index (χ0) is 23.3. The maximum Gasteiger partial charge on any atom is 0.355 e. The van der Waals surface area contributed by atoms with Crippen molar-refractivity contribution in [1.29, 1.82) is 0 Å². The van der Waals surface area contributed by atoms with E-state index >= 15 is 0 Å². The Labute approximate surface area is 187 Å². The molecule has 0 spiro atoms. The molecule has 1 atom stereocenters. The second-order valence-electron chi connectivity index (χ2n) is 8.39. The third-order valence-electron chi connectivity index (χ3n) is 5.69. The van der Waals surface area contributed by atoms with E-state index in [4.69, 9.17) is 4.74 Å². The van der Waals surface area contributed by atoms with Crippen LogP contribution < -0.4 is 15.6 Å². The smallest absolute Gasteiger partial charge is 0.355 e. The molecule has 0 saturated heterocycles. The molecule has 9 heteroatoms. The third-order valence-corrected chi connectivity index (χ3v) is 5.69. The van der Waals surface area contributed by atoms with Crippen molar-refractivity contribution in [1.82, 2.24) is 10.6 Å². The number of hydrogen-bond donors (Lipinski definition) is 2. The zero-order valence-electron chi connectivity index (χ0n) is 18.8. The third kappa shape index (κ3) is 5.93. The molecule has 1 aromatic carbocycles. The van der Waals surface area contributed by atoms with Gasteiger partial charge in [0.2, 0.25) is 5.91 Å². The molecule has 0 aromatic heterocycles. The highest BCUT2D eigenvalue weighted by atomic mass is 16.5. The van der Waals surface area contributed by atoms with Gasteiger partial charge < -0.3 is 10.1 Å². The van der Waals surface area contributed by atoms with Gasteiger partial charge in [-0.25, -0.2) is 9.59 Å². The SMILES string of the molecule is Cc1ccc(C)c(N2N=C(C(=O)OC(C)C(=O)NC(=O)NC3CCCCC3)CCC2=O)c1. The average Bonchev–Trinajstić information content (AvgIpc) is 2.76. The minimum atomic E-state index is -1.19. The monoisotopic (exact) mass is 442 g/mol. The van der Waals surface area contributed by atoms with Crippen LogP contribution in [0.25, 0.3) is 0 Å². The average molecular weight is 443 g/mol. The van der Waals surface area contributed by atoms with Crippen molar-refractivity contribution in [3.8, 4) is 0 Å². The number of nitrogens with zero attached hydrogens (tertiary/aromatic N) is 2. The predicted molar refractivity (Wildman–Crippen MR) is 119 cm³/mol. The van der Waals surface area contributed by atoms with Crippen LogP contribution in [0.1, 0.15) is 63.0 Å². The molecule has 172 valence electrons. The fraction of sp³-hybridized carbons (Fsp3) is 0.522. The lowest BCUT2D eigenvalue weighted by Crippen LogP contribution is -2.48. The normalized spacial score (nSPS) is 17.9. The summed E-state index contributed by atoms with van der Waals surface area (Å²) in [4.78, 5) is 49.3. The largest absolute Gasteiger partial charge is 0.448 e. The van der Waals surface area contributed by atoms with Crippen LogP contribution in [0.3, 0.4) is 0 Å². The maximum atomic E-state index is 12.6. The minimum absolute atomic E-state index is 0.0526. The van der Waals surface area contributed by atoms with E-state index in [1.807, 2.05) is 32.0 Å². The van der Waals surface area contributed by atoms with Crippen molar-refractivity contribution >= 4 is 35.2 Å². The van der Waals surface area contributed by atoms with Crippen molar-refractivity contribution in [3.63, 3.8) is 0 Å². The Morgan fingerprint density at radius 1 is 1.12 bits per heavy atom. The number of urea groups is 1. The Morgan fingerprint density at radius 3 is 2.56 bits per heavy atom. The molecule has 1 aliphatic heterocycles. The number of imide groups is 1. The summed E-state index contributed by atoms with van der Waals surface area (Å²) in [7, 11) is 0. The number of anilines is 1.